The average molecular weight is 239 g/mol. The predicted octanol–water partition coefficient (Wildman–Crippen LogP) is 1.46. The summed E-state index contributed by atoms with van der Waals surface area (Å²) >= 11 is 11.5. The average Bonchev–Trinajstić information content (AvgIpc) is 2.09. The Kier molecular flexibility index (Phi) is 2.78. The number of carboxylic acid groups (broad SMARTS) is 2. The van der Waals surface area contributed by atoms with Crippen molar-refractivity contribution in [1.82, 2.24) is 0 Å². The van der Waals surface area contributed by atoms with Gasteiger partial charge in [-0.1, -0.05) is 12.2 Å². The molecule has 0 aromatic heterocycles. The van der Waals surface area contributed by atoms with E-state index in [9.17, 15) is 9.59 Å². The van der Waals surface area contributed by atoms with E-state index in [2.05, 4.69) is 0 Å². The summed E-state index contributed by atoms with van der Waals surface area (Å²) in [5.74, 6) is -2.83. The third kappa shape index (κ3) is 1.38. The lowest BCUT2D eigenvalue weighted by Gasteiger charge is -2.36. The van der Waals surface area contributed by atoms with Crippen molar-refractivity contribution in [1.29, 1.82) is 0 Å². The van der Waals surface area contributed by atoms with Gasteiger partial charge in [0.2, 0.25) is 0 Å². The molecule has 1 aliphatic carbocycles. The summed E-state index contributed by atoms with van der Waals surface area (Å²) in [4.78, 5) is 17.8. The van der Waals surface area contributed by atoms with E-state index in [0.717, 1.165) is 0 Å². The summed E-state index contributed by atoms with van der Waals surface area (Å²) in [5, 5.41) is 17.7. The molecule has 6 heteroatoms. The van der Waals surface area contributed by atoms with E-state index >= 15 is 0 Å². The summed E-state index contributed by atoms with van der Waals surface area (Å²) in [5.41, 5.74) is 0. The summed E-state index contributed by atoms with van der Waals surface area (Å²) in [6, 6.07) is 0. The molecule has 1 aliphatic rings. The fraction of sp³-hybridized carbons (Fsp3) is 0.500. The number of carbonyl (C=O) groups is 2. The van der Waals surface area contributed by atoms with Crippen molar-refractivity contribution in [2.45, 2.75) is 22.6 Å². The highest BCUT2D eigenvalue weighted by atomic mass is 35.5. The molecule has 0 radical (unpaired) electrons. The first-order chi connectivity index (χ1) is 6.34. The molecule has 0 spiro atoms. The summed E-state index contributed by atoms with van der Waals surface area (Å²) in [6.07, 6.45) is 2.84. The molecule has 14 heavy (non-hydrogen) atoms. The lowest BCUT2D eigenvalue weighted by molar-refractivity contribution is -0.150. The Hall–Kier alpha value is -0.740. The maximum atomic E-state index is 10.9. The molecule has 0 aromatic carbocycles. The van der Waals surface area contributed by atoms with Crippen LogP contribution in [0.15, 0.2) is 12.2 Å². The topological polar surface area (TPSA) is 74.6 Å². The number of aliphatic carboxylic acids is 2. The van der Waals surface area contributed by atoms with Crippen LogP contribution in [0.4, 0.5) is 0 Å². The maximum Gasteiger partial charge on any atom is 0.327 e. The van der Waals surface area contributed by atoms with Crippen molar-refractivity contribution in [2.24, 2.45) is 0 Å². The van der Waals surface area contributed by atoms with Gasteiger partial charge < -0.3 is 10.2 Å². The Bertz CT molecular complexity index is 284. The summed E-state index contributed by atoms with van der Waals surface area (Å²) < 4.78 is 0. The van der Waals surface area contributed by atoms with Crippen molar-refractivity contribution in [2.75, 3.05) is 0 Å². The maximum absolute atomic E-state index is 10.9. The monoisotopic (exact) mass is 238 g/mol. The lowest BCUT2D eigenvalue weighted by atomic mass is 9.81. The normalized spacial score (nSPS) is 36.7. The van der Waals surface area contributed by atoms with Crippen molar-refractivity contribution in [3.63, 3.8) is 0 Å². The van der Waals surface area contributed by atoms with Gasteiger partial charge in [-0.2, -0.15) is 0 Å². The SMILES string of the molecule is O=C(O)C1(Cl)CC=CCC1(Cl)C(=O)O. The minimum Gasteiger partial charge on any atom is -0.480 e. The van der Waals surface area contributed by atoms with Gasteiger partial charge in [0.15, 0.2) is 9.75 Å². The largest absolute Gasteiger partial charge is 0.480 e. The van der Waals surface area contributed by atoms with Gasteiger partial charge in [0.05, 0.1) is 0 Å². The van der Waals surface area contributed by atoms with E-state index in [1.54, 1.807) is 0 Å². The zero-order valence-corrected chi connectivity index (χ0v) is 8.55. The second-order valence-corrected chi connectivity index (χ2v) is 4.38. The molecule has 2 atom stereocenters. The summed E-state index contributed by atoms with van der Waals surface area (Å²) in [6.45, 7) is 0. The molecule has 0 bridgehead atoms. The van der Waals surface area contributed by atoms with Crippen LogP contribution < -0.4 is 0 Å². The third-order valence-corrected chi connectivity index (χ3v) is 3.64. The third-order valence-electron chi connectivity index (χ3n) is 2.27. The van der Waals surface area contributed by atoms with Crippen LogP contribution in [0, 0.1) is 0 Å². The standard InChI is InChI=1S/C8H8Cl2O4/c9-7(5(11)12)3-1-2-4-8(7,10)6(13)14/h1-2H,3-4H2,(H,11,12)(H,13,14). The van der Waals surface area contributed by atoms with Crippen molar-refractivity contribution < 1.29 is 19.8 Å². The van der Waals surface area contributed by atoms with Crippen LogP contribution in [0.5, 0.6) is 0 Å². The molecule has 0 fully saturated rings. The quantitative estimate of drug-likeness (QED) is 0.565. The van der Waals surface area contributed by atoms with Gasteiger partial charge in [0.1, 0.15) is 0 Å². The Morgan fingerprint density at radius 1 is 1.00 bits per heavy atom. The van der Waals surface area contributed by atoms with Crippen LogP contribution in [-0.4, -0.2) is 31.9 Å². The van der Waals surface area contributed by atoms with Crippen molar-refractivity contribution >= 4 is 35.1 Å². The number of hydrogen-bond acceptors (Lipinski definition) is 2. The Labute approximate surface area is 90.1 Å². The van der Waals surface area contributed by atoms with Crippen LogP contribution in [0.2, 0.25) is 0 Å². The van der Waals surface area contributed by atoms with E-state index in [4.69, 9.17) is 33.4 Å². The van der Waals surface area contributed by atoms with Crippen LogP contribution >= 0.6 is 23.2 Å². The van der Waals surface area contributed by atoms with Crippen LogP contribution in [0.25, 0.3) is 0 Å². The van der Waals surface area contributed by atoms with E-state index in [1.165, 1.54) is 12.2 Å². The number of alkyl halides is 2. The van der Waals surface area contributed by atoms with E-state index in [-0.39, 0.29) is 12.8 Å². The van der Waals surface area contributed by atoms with E-state index < -0.39 is 21.7 Å². The first-order valence-corrected chi connectivity index (χ1v) is 4.60. The smallest absolute Gasteiger partial charge is 0.327 e. The predicted molar refractivity (Wildman–Crippen MR) is 50.8 cm³/mol. The highest BCUT2D eigenvalue weighted by Crippen LogP contribution is 2.44. The zero-order valence-electron chi connectivity index (χ0n) is 7.04. The fourth-order valence-electron chi connectivity index (χ4n) is 1.33. The van der Waals surface area contributed by atoms with Gasteiger partial charge >= 0.3 is 11.9 Å². The molecule has 0 amide bonds. The molecule has 0 aliphatic heterocycles. The number of rotatable bonds is 2. The molecule has 0 aromatic rings. The fourth-order valence-corrected chi connectivity index (χ4v) is 1.82. The zero-order chi connectivity index (χ0) is 11.0. The summed E-state index contributed by atoms with van der Waals surface area (Å²) in [7, 11) is 0. The molecule has 1 rings (SSSR count). The first-order valence-electron chi connectivity index (χ1n) is 3.84. The molecular weight excluding hydrogens is 231 g/mol. The van der Waals surface area contributed by atoms with Crippen molar-refractivity contribution in [3.05, 3.63) is 12.2 Å². The molecule has 4 nitrogen and oxygen atoms in total. The minimum absolute atomic E-state index is 0.0975. The van der Waals surface area contributed by atoms with E-state index in [0.29, 0.717) is 0 Å². The first kappa shape index (κ1) is 11.3. The van der Waals surface area contributed by atoms with Crippen molar-refractivity contribution in [3.8, 4) is 0 Å². The molecule has 0 saturated carbocycles. The van der Waals surface area contributed by atoms with Gasteiger partial charge in [-0.25, -0.2) is 0 Å². The minimum atomic E-state index is -1.98. The highest BCUT2D eigenvalue weighted by Gasteiger charge is 2.60. The van der Waals surface area contributed by atoms with Crippen LogP contribution in [0.3, 0.4) is 0 Å². The van der Waals surface area contributed by atoms with Gasteiger partial charge in [-0.3, -0.25) is 9.59 Å². The van der Waals surface area contributed by atoms with Crippen LogP contribution in [0.1, 0.15) is 12.8 Å². The lowest BCUT2D eigenvalue weighted by Crippen LogP contribution is -2.57. The number of halogens is 2. The van der Waals surface area contributed by atoms with Gasteiger partial charge in [0, 0.05) is 0 Å². The molecule has 0 saturated heterocycles. The highest BCUT2D eigenvalue weighted by molar-refractivity contribution is 6.47. The van der Waals surface area contributed by atoms with E-state index in [1.807, 2.05) is 0 Å². The Morgan fingerprint density at radius 2 is 1.29 bits per heavy atom. The van der Waals surface area contributed by atoms with Gasteiger partial charge in [-0.05, 0) is 12.8 Å². The number of carboxylic acids is 2. The molecule has 2 N–H and O–H groups in total. The van der Waals surface area contributed by atoms with Gasteiger partial charge in [-0.15, -0.1) is 23.2 Å². The molecule has 0 heterocycles. The van der Waals surface area contributed by atoms with Gasteiger partial charge in [0.25, 0.3) is 0 Å². The Balaban J connectivity index is 3.21. The molecular formula is C8H8Cl2O4. The van der Waals surface area contributed by atoms with Crippen LogP contribution in [-0.2, 0) is 9.59 Å². The number of hydrogen-bond donors (Lipinski definition) is 2. The molecule has 2 unspecified atom stereocenters. The Morgan fingerprint density at radius 3 is 1.50 bits per heavy atom. The molecule has 78 valence electrons. The number of allylic oxidation sites excluding steroid dienone is 2. The second-order valence-electron chi connectivity index (χ2n) is 3.09. The second kappa shape index (κ2) is 3.44.